The first-order valence-electron chi connectivity index (χ1n) is 11.6. The van der Waals surface area contributed by atoms with E-state index in [1.165, 1.54) is 24.3 Å². The van der Waals surface area contributed by atoms with Crippen molar-refractivity contribution < 1.29 is 27.9 Å². The number of para-hydroxylation sites is 1. The maximum Gasteiger partial charge on any atom is 0.322 e. The average molecular weight is 528 g/mol. The summed E-state index contributed by atoms with van der Waals surface area (Å²) in [5.74, 6) is 3.47. The van der Waals surface area contributed by atoms with E-state index in [4.69, 9.17) is 0 Å². The lowest BCUT2D eigenvalue weighted by atomic mass is 10.1. The Kier molecular flexibility index (Phi) is 6.55. The number of hydrogen-bond donors (Lipinski definition) is 3. The maximum atomic E-state index is 12.9. The average Bonchev–Trinajstić information content (AvgIpc) is 3.43. The number of carboxylic acid groups (broad SMARTS) is 1. The number of carbonyl (C=O) groups is 3. The third kappa shape index (κ3) is 4.80. The Bertz CT molecular complexity index is 1710. The van der Waals surface area contributed by atoms with Gasteiger partial charge in [0.1, 0.15) is 6.04 Å². The summed E-state index contributed by atoms with van der Waals surface area (Å²) in [5.41, 5.74) is 2.65. The highest BCUT2D eigenvalue weighted by atomic mass is 32.2. The highest BCUT2D eigenvalue weighted by molar-refractivity contribution is 7.89. The number of rotatable bonds is 7. The van der Waals surface area contributed by atoms with Crippen molar-refractivity contribution in [3.63, 3.8) is 0 Å². The molecule has 1 atom stereocenters. The number of hydrogen-bond acceptors (Lipinski definition) is 5. The standard InChI is InChI=1S/C28H21N3O6S/c32-26-22-8-1-2-9-23(22)27(33)31(26)15-5-6-18-11-13-20(14-12-18)38(36,37)30-25(28(34)35)16-19-17-29-24-10-4-3-7-21(19)24/h1-4,7-14,17,25,29-30H,15-16H2,(H,34,35)/t25-/m1/s1. The molecular weight excluding hydrogens is 506 g/mol. The molecule has 3 N–H and O–H groups in total. The van der Waals surface area contributed by atoms with Gasteiger partial charge in [0, 0.05) is 29.1 Å². The Labute approximate surface area is 218 Å². The highest BCUT2D eigenvalue weighted by Gasteiger charge is 2.34. The van der Waals surface area contributed by atoms with E-state index in [0.717, 1.165) is 15.8 Å². The fraction of sp³-hybridized carbons (Fsp3) is 0.107. The Balaban J connectivity index is 1.26. The molecule has 38 heavy (non-hydrogen) atoms. The second-order valence-corrected chi connectivity index (χ2v) is 10.4. The molecule has 10 heteroatoms. The van der Waals surface area contributed by atoms with Crippen LogP contribution in [-0.2, 0) is 21.2 Å². The van der Waals surface area contributed by atoms with Crippen LogP contribution < -0.4 is 4.72 Å². The van der Waals surface area contributed by atoms with Gasteiger partial charge in [0.15, 0.2) is 0 Å². The minimum atomic E-state index is -4.14. The van der Waals surface area contributed by atoms with Gasteiger partial charge in [-0.25, -0.2) is 8.42 Å². The molecule has 0 fully saturated rings. The van der Waals surface area contributed by atoms with Gasteiger partial charge in [-0.2, -0.15) is 4.72 Å². The van der Waals surface area contributed by atoms with Gasteiger partial charge in [-0.05, 0) is 48.0 Å². The first-order valence-corrected chi connectivity index (χ1v) is 13.1. The van der Waals surface area contributed by atoms with Gasteiger partial charge < -0.3 is 10.1 Å². The zero-order chi connectivity index (χ0) is 26.9. The van der Waals surface area contributed by atoms with Crippen LogP contribution >= 0.6 is 0 Å². The van der Waals surface area contributed by atoms with Crippen LogP contribution in [-0.4, -0.2) is 53.8 Å². The van der Waals surface area contributed by atoms with Gasteiger partial charge in [-0.3, -0.25) is 19.3 Å². The quantitative estimate of drug-likeness (QED) is 0.250. The molecule has 1 aliphatic rings. The van der Waals surface area contributed by atoms with Crippen molar-refractivity contribution in [2.45, 2.75) is 17.4 Å². The van der Waals surface area contributed by atoms with Gasteiger partial charge in [0.2, 0.25) is 10.0 Å². The van der Waals surface area contributed by atoms with Crippen LogP contribution in [0.1, 0.15) is 31.8 Å². The Hall–Kier alpha value is -4.72. The second kappa shape index (κ2) is 9.97. The summed E-state index contributed by atoms with van der Waals surface area (Å²) in [4.78, 5) is 40.7. The van der Waals surface area contributed by atoms with E-state index in [9.17, 15) is 27.9 Å². The second-order valence-electron chi connectivity index (χ2n) is 8.64. The first kappa shape index (κ1) is 25.0. The van der Waals surface area contributed by atoms with E-state index >= 15 is 0 Å². The van der Waals surface area contributed by atoms with Crippen molar-refractivity contribution in [2.24, 2.45) is 0 Å². The number of H-pyrrole nitrogens is 1. The summed E-state index contributed by atoms with van der Waals surface area (Å²) in [6.45, 7) is -0.109. The lowest BCUT2D eigenvalue weighted by Gasteiger charge is -2.14. The minimum Gasteiger partial charge on any atom is -0.480 e. The SMILES string of the molecule is O=C(O)[C@@H](Cc1c[nH]c2ccccc12)NS(=O)(=O)c1ccc(C#CCN2C(=O)c3ccccc3C2=O)cc1. The summed E-state index contributed by atoms with van der Waals surface area (Å²) in [7, 11) is -4.14. The summed E-state index contributed by atoms with van der Waals surface area (Å²) in [5, 5.41) is 10.5. The predicted octanol–water partition coefficient (Wildman–Crippen LogP) is 2.79. The van der Waals surface area contributed by atoms with Gasteiger partial charge in [-0.1, -0.05) is 42.2 Å². The number of carbonyl (C=O) groups excluding carboxylic acids is 2. The van der Waals surface area contributed by atoms with Crippen molar-refractivity contribution in [1.29, 1.82) is 0 Å². The predicted molar refractivity (Wildman–Crippen MR) is 139 cm³/mol. The largest absolute Gasteiger partial charge is 0.480 e. The Morgan fingerprint density at radius 1 is 0.947 bits per heavy atom. The molecule has 190 valence electrons. The van der Waals surface area contributed by atoms with Crippen molar-refractivity contribution in [3.8, 4) is 11.8 Å². The monoisotopic (exact) mass is 527 g/mol. The number of nitrogens with zero attached hydrogens (tertiary/aromatic N) is 1. The topological polar surface area (TPSA) is 137 Å². The number of benzene rings is 3. The third-order valence-electron chi connectivity index (χ3n) is 6.21. The van der Waals surface area contributed by atoms with E-state index in [1.807, 2.05) is 24.3 Å². The fourth-order valence-corrected chi connectivity index (χ4v) is 5.47. The molecular formula is C28H21N3O6S. The van der Waals surface area contributed by atoms with Crippen molar-refractivity contribution in [1.82, 2.24) is 14.6 Å². The van der Waals surface area contributed by atoms with Crippen LogP contribution in [0, 0.1) is 11.8 Å². The molecule has 0 saturated carbocycles. The van der Waals surface area contributed by atoms with Crippen molar-refractivity contribution in [2.75, 3.05) is 6.54 Å². The van der Waals surface area contributed by atoms with Crippen molar-refractivity contribution >= 4 is 38.7 Å². The van der Waals surface area contributed by atoms with E-state index in [1.54, 1.807) is 30.5 Å². The number of aromatic nitrogens is 1. The summed E-state index contributed by atoms with van der Waals surface area (Å²) >= 11 is 0. The lowest BCUT2D eigenvalue weighted by molar-refractivity contribution is -0.138. The summed E-state index contributed by atoms with van der Waals surface area (Å²) in [6.07, 6.45) is 1.63. The zero-order valence-electron chi connectivity index (χ0n) is 19.8. The molecule has 2 amide bonds. The van der Waals surface area contributed by atoms with Crippen LogP contribution in [0.25, 0.3) is 10.9 Å². The van der Waals surface area contributed by atoms with Crippen LogP contribution in [0.15, 0.2) is 83.9 Å². The lowest BCUT2D eigenvalue weighted by Crippen LogP contribution is -2.42. The van der Waals surface area contributed by atoms with Crippen LogP contribution in [0.5, 0.6) is 0 Å². The first-order chi connectivity index (χ1) is 18.2. The third-order valence-corrected chi connectivity index (χ3v) is 7.69. The molecule has 2 heterocycles. The van der Waals surface area contributed by atoms with Crippen molar-refractivity contribution in [3.05, 3.63) is 101 Å². The number of fused-ring (bicyclic) bond motifs is 2. The molecule has 4 aromatic rings. The molecule has 0 aliphatic carbocycles. The summed E-state index contributed by atoms with van der Waals surface area (Å²) < 4.78 is 28.1. The number of carboxylic acids is 1. The number of imide groups is 1. The number of aliphatic carboxylic acids is 1. The molecule has 1 aliphatic heterocycles. The fourth-order valence-electron chi connectivity index (χ4n) is 4.28. The van der Waals surface area contributed by atoms with E-state index < -0.39 is 33.8 Å². The van der Waals surface area contributed by atoms with Gasteiger partial charge >= 0.3 is 5.97 Å². The molecule has 0 saturated heterocycles. The molecule has 0 spiro atoms. The van der Waals surface area contributed by atoms with Gasteiger partial charge in [-0.15, -0.1) is 0 Å². The Morgan fingerprint density at radius 2 is 1.58 bits per heavy atom. The smallest absolute Gasteiger partial charge is 0.322 e. The molecule has 0 unspecified atom stereocenters. The zero-order valence-corrected chi connectivity index (χ0v) is 20.7. The molecule has 5 rings (SSSR count). The molecule has 0 bridgehead atoms. The maximum absolute atomic E-state index is 12.9. The van der Waals surface area contributed by atoms with Crippen LogP contribution in [0.3, 0.4) is 0 Å². The molecule has 3 aromatic carbocycles. The van der Waals surface area contributed by atoms with E-state index in [-0.39, 0.29) is 17.9 Å². The normalized spacial score (nSPS) is 13.7. The van der Waals surface area contributed by atoms with Crippen LogP contribution in [0.2, 0.25) is 0 Å². The highest BCUT2D eigenvalue weighted by Crippen LogP contribution is 2.22. The number of aromatic amines is 1. The Morgan fingerprint density at radius 3 is 2.24 bits per heavy atom. The van der Waals surface area contributed by atoms with E-state index in [0.29, 0.717) is 22.3 Å². The molecule has 1 aromatic heterocycles. The number of nitrogens with one attached hydrogen (secondary N) is 2. The van der Waals surface area contributed by atoms with E-state index in [2.05, 4.69) is 21.5 Å². The molecule has 0 radical (unpaired) electrons. The molecule has 9 nitrogen and oxygen atoms in total. The van der Waals surface area contributed by atoms with Crippen LogP contribution in [0.4, 0.5) is 0 Å². The van der Waals surface area contributed by atoms with Gasteiger partial charge in [0.05, 0.1) is 22.6 Å². The summed E-state index contributed by atoms with van der Waals surface area (Å²) in [6, 6.07) is 18.1. The minimum absolute atomic E-state index is 0.0417. The van der Waals surface area contributed by atoms with Gasteiger partial charge in [0.25, 0.3) is 11.8 Å². The number of sulfonamides is 1. The number of amides is 2.